The Morgan fingerprint density at radius 1 is 1.10 bits per heavy atom. The highest BCUT2D eigenvalue weighted by molar-refractivity contribution is 6.09. The second kappa shape index (κ2) is 8.43. The van der Waals surface area contributed by atoms with Crippen molar-refractivity contribution in [3.8, 4) is 5.75 Å². The number of carbonyl (C=O) groups is 2. The molecule has 4 rings (SSSR count). The molecule has 8 nitrogen and oxygen atoms in total. The van der Waals surface area contributed by atoms with Crippen molar-refractivity contribution in [1.82, 2.24) is 5.32 Å². The fourth-order valence-electron chi connectivity index (χ4n) is 3.20. The maximum atomic E-state index is 13.1. The predicted molar refractivity (Wildman–Crippen MR) is 116 cm³/mol. The monoisotopic (exact) mass is 419 g/mol. The molecule has 3 aromatic rings. The van der Waals surface area contributed by atoms with Crippen LogP contribution in [0.2, 0.25) is 0 Å². The minimum Gasteiger partial charge on any atom is -0.483 e. The summed E-state index contributed by atoms with van der Waals surface area (Å²) in [6.45, 7) is 1.55. The van der Waals surface area contributed by atoms with Gasteiger partial charge in [0.25, 0.3) is 17.5 Å². The Balaban J connectivity index is 1.62. The Labute approximate surface area is 178 Å². The summed E-state index contributed by atoms with van der Waals surface area (Å²) >= 11 is 0. The number of anilines is 1. The number of non-ortho nitro benzene ring substituents is 1. The summed E-state index contributed by atoms with van der Waals surface area (Å²) in [6.07, 6.45) is 1.94. The van der Waals surface area contributed by atoms with E-state index in [1.165, 1.54) is 12.1 Å². The van der Waals surface area contributed by atoms with E-state index >= 15 is 0 Å². The number of amides is 2. The smallest absolute Gasteiger partial charge is 0.271 e. The molecule has 0 heterocycles. The highest BCUT2D eigenvalue weighted by atomic mass is 16.6. The quantitative estimate of drug-likeness (QED) is 0.445. The predicted octanol–water partition coefficient (Wildman–Crippen LogP) is 3.97. The fraction of sp³-hybridized carbons (Fsp3) is 0.217. The lowest BCUT2D eigenvalue weighted by Gasteiger charge is -2.14. The molecule has 31 heavy (non-hydrogen) atoms. The van der Waals surface area contributed by atoms with Gasteiger partial charge in [-0.2, -0.15) is 0 Å². The summed E-state index contributed by atoms with van der Waals surface area (Å²) < 4.78 is 5.71. The van der Waals surface area contributed by atoms with Crippen molar-refractivity contribution >= 4 is 34.0 Å². The molecule has 0 aromatic heterocycles. The number of benzene rings is 3. The van der Waals surface area contributed by atoms with Gasteiger partial charge in [0.15, 0.2) is 6.61 Å². The van der Waals surface area contributed by atoms with E-state index in [1.54, 1.807) is 25.1 Å². The van der Waals surface area contributed by atoms with Crippen molar-refractivity contribution in [2.75, 3.05) is 11.9 Å². The zero-order chi connectivity index (χ0) is 22.0. The Hall–Kier alpha value is -3.94. The molecule has 1 saturated carbocycles. The summed E-state index contributed by atoms with van der Waals surface area (Å²) in [5.74, 6) is -0.450. The molecule has 0 unspecified atom stereocenters. The first-order valence-electron chi connectivity index (χ1n) is 9.92. The van der Waals surface area contributed by atoms with E-state index in [0.29, 0.717) is 11.3 Å². The molecule has 1 fully saturated rings. The van der Waals surface area contributed by atoms with Crippen LogP contribution in [0.3, 0.4) is 0 Å². The van der Waals surface area contributed by atoms with Crippen molar-refractivity contribution in [3.63, 3.8) is 0 Å². The molecule has 3 aromatic carbocycles. The van der Waals surface area contributed by atoms with Crippen LogP contribution in [-0.4, -0.2) is 29.4 Å². The van der Waals surface area contributed by atoms with Gasteiger partial charge in [0, 0.05) is 18.2 Å². The van der Waals surface area contributed by atoms with Gasteiger partial charge in [0.1, 0.15) is 5.75 Å². The van der Waals surface area contributed by atoms with Gasteiger partial charge in [-0.15, -0.1) is 0 Å². The zero-order valence-corrected chi connectivity index (χ0v) is 16.9. The molecule has 1 aliphatic carbocycles. The van der Waals surface area contributed by atoms with E-state index < -0.39 is 10.8 Å². The average Bonchev–Trinajstić information content (AvgIpc) is 3.56. The number of rotatable bonds is 7. The summed E-state index contributed by atoms with van der Waals surface area (Å²) in [6, 6.07) is 15.4. The minimum absolute atomic E-state index is 0.118. The molecule has 1 aliphatic rings. The summed E-state index contributed by atoms with van der Waals surface area (Å²) in [7, 11) is 0. The van der Waals surface area contributed by atoms with Crippen molar-refractivity contribution in [2.24, 2.45) is 0 Å². The lowest BCUT2D eigenvalue weighted by molar-refractivity contribution is -0.384. The zero-order valence-electron chi connectivity index (χ0n) is 16.9. The van der Waals surface area contributed by atoms with Crippen LogP contribution in [0.25, 0.3) is 10.8 Å². The number of hydrogen-bond donors (Lipinski definition) is 2. The molecular weight excluding hydrogens is 398 g/mol. The van der Waals surface area contributed by atoms with Crippen LogP contribution < -0.4 is 15.4 Å². The second-order valence-electron chi connectivity index (χ2n) is 7.54. The molecule has 0 bridgehead atoms. The largest absolute Gasteiger partial charge is 0.483 e. The molecule has 0 aliphatic heterocycles. The van der Waals surface area contributed by atoms with Crippen LogP contribution in [0, 0.1) is 17.0 Å². The first-order chi connectivity index (χ1) is 14.9. The van der Waals surface area contributed by atoms with Crippen LogP contribution in [-0.2, 0) is 4.79 Å². The van der Waals surface area contributed by atoms with E-state index in [1.807, 2.05) is 24.3 Å². The first kappa shape index (κ1) is 20.3. The number of fused-ring (bicyclic) bond motifs is 1. The Morgan fingerprint density at radius 2 is 1.81 bits per heavy atom. The molecule has 158 valence electrons. The number of aryl methyl sites for hydroxylation is 1. The normalized spacial score (nSPS) is 12.9. The van der Waals surface area contributed by atoms with Gasteiger partial charge in [-0.25, -0.2) is 0 Å². The van der Waals surface area contributed by atoms with Gasteiger partial charge in [-0.05, 0) is 48.2 Å². The second-order valence-corrected chi connectivity index (χ2v) is 7.54. The average molecular weight is 419 g/mol. The standard InChI is InChI=1S/C23H21N3O5/c1-14-6-9-18(26(29)30)12-20(14)25-23(28)19-10-15-4-2-3-5-16(15)11-21(19)31-13-22(27)24-17-7-8-17/h2-6,9-12,17H,7-8,13H2,1H3,(H,24,27)(H,25,28). The highest BCUT2D eigenvalue weighted by Crippen LogP contribution is 2.29. The molecule has 0 atom stereocenters. The van der Waals surface area contributed by atoms with Crippen molar-refractivity contribution in [1.29, 1.82) is 0 Å². The van der Waals surface area contributed by atoms with E-state index in [4.69, 9.17) is 4.74 Å². The van der Waals surface area contributed by atoms with Gasteiger partial charge >= 0.3 is 0 Å². The molecular formula is C23H21N3O5. The third kappa shape index (κ3) is 4.80. The molecule has 0 radical (unpaired) electrons. The summed E-state index contributed by atoms with van der Waals surface area (Å²) in [4.78, 5) is 35.7. The van der Waals surface area contributed by atoms with Crippen molar-refractivity contribution in [2.45, 2.75) is 25.8 Å². The third-order valence-corrected chi connectivity index (χ3v) is 5.07. The van der Waals surface area contributed by atoms with Gasteiger partial charge in [0.2, 0.25) is 0 Å². The van der Waals surface area contributed by atoms with Crippen molar-refractivity contribution in [3.05, 3.63) is 75.8 Å². The van der Waals surface area contributed by atoms with E-state index in [0.717, 1.165) is 23.6 Å². The number of hydrogen-bond acceptors (Lipinski definition) is 5. The lowest BCUT2D eigenvalue weighted by atomic mass is 10.0. The number of nitrogens with one attached hydrogen (secondary N) is 2. The van der Waals surface area contributed by atoms with Gasteiger partial charge in [-0.1, -0.05) is 30.3 Å². The Kier molecular flexibility index (Phi) is 5.53. The van der Waals surface area contributed by atoms with Crippen molar-refractivity contribution < 1.29 is 19.2 Å². The maximum absolute atomic E-state index is 13.1. The lowest BCUT2D eigenvalue weighted by Crippen LogP contribution is -2.30. The van der Waals surface area contributed by atoms with Crippen LogP contribution in [0.5, 0.6) is 5.75 Å². The van der Waals surface area contributed by atoms with Gasteiger partial charge in [0.05, 0.1) is 16.2 Å². The summed E-state index contributed by atoms with van der Waals surface area (Å²) in [5, 5.41) is 18.4. The van der Waals surface area contributed by atoms with Crippen LogP contribution in [0.4, 0.5) is 11.4 Å². The van der Waals surface area contributed by atoms with Crippen LogP contribution >= 0.6 is 0 Å². The van der Waals surface area contributed by atoms with Crippen LogP contribution in [0.15, 0.2) is 54.6 Å². The first-order valence-corrected chi connectivity index (χ1v) is 9.92. The Morgan fingerprint density at radius 3 is 2.48 bits per heavy atom. The number of carbonyl (C=O) groups excluding carboxylic acids is 2. The number of nitrogens with zero attached hydrogens (tertiary/aromatic N) is 1. The Bertz CT molecular complexity index is 1190. The molecule has 2 amide bonds. The number of nitro benzene ring substituents is 1. The third-order valence-electron chi connectivity index (χ3n) is 5.07. The van der Waals surface area contributed by atoms with E-state index in [2.05, 4.69) is 10.6 Å². The molecule has 0 saturated heterocycles. The number of nitro groups is 1. The molecule has 0 spiro atoms. The van der Waals surface area contributed by atoms with Gasteiger partial charge < -0.3 is 15.4 Å². The number of ether oxygens (including phenoxy) is 1. The topological polar surface area (TPSA) is 111 Å². The van der Waals surface area contributed by atoms with Gasteiger partial charge in [-0.3, -0.25) is 19.7 Å². The summed E-state index contributed by atoms with van der Waals surface area (Å²) in [5.41, 5.74) is 1.15. The van der Waals surface area contributed by atoms with Crippen LogP contribution in [0.1, 0.15) is 28.8 Å². The SMILES string of the molecule is Cc1ccc([N+](=O)[O-])cc1NC(=O)c1cc2ccccc2cc1OCC(=O)NC1CC1. The minimum atomic E-state index is -0.516. The molecule has 2 N–H and O–H groups in total. The van der Waals surface area contributed by atoms with E-state index in [-0.39, 0.29) is 35.6 Å². The molecule has 8 heteroatoms. The highest BCUT2D eigenvalue weighted by Gasteiger charge is 2.24. The fourth-order valence-corrected chi connectivity index (χ4v) is 3.20. The maximum Gasteiger partial charge on any atom is 0.271 e. The van der Waals surface area contributed by atoms with E-state index in [9.17, 15) is 19.7 Å².